The summed E-state index contributed by atoms with van der Waals surface area (Å²) in [6.45, 7) is 0.173. The number of carbonyl (C=O) groups excluding carboxylic acids is 4. The third kappa shape index (κ3) is 4.01. The molecular formula is C16H18N2O5. The van der Waals surface area contributed by atoms with Crippen molar-refractivity contribution in [3.63, 3.8) is 0 Å². The Bertz CT molecular complexity index is 629. The highest BCUT2D eigenvalue weighted by molar-refractivity contribution is 6.00. The summed E-state index contributed by atoms with van der Waals surface area (Å²) in [6.07, 6.45) is 2.04. The molecule has 1 aromatic carbocycles. The van der Waals surface area contributed by atoms with Crippen molar-refractivity contribution in [2.45, 2.75) is 25.4 Å². The van der Waals surface area contributed by atoms with Gasteiger partial charge in [0.2, 0.25) is 11.8 Å². The van der Waals surface area contributed by atoms with Crippen LogP contribution in [0.2, 0.25) is 0 Å². The lowest BCUT2D eigenvalue weighted by molar-refractivity contribution is -0.137. The van der Waals surface area contributed by atoms with Crippen molar-refractivity contribution in [3.8, 4) is 5.75 Å². The molecular weight excluding hydrogens is 300 g/mol. The Morgan fingerprint density at radius 3 is 2.78 bits per heavy atom. The lowest BCUT2D eigenvalue weighted by Gasteiger charge is -2.30. The van der Waals surface area contributed by atoms with E-state index in [2.05, 4.69) is 5.32 Å². The van der Waals surface area contributed by atoms with Gasteiger partial charge in [-0.2, -0.15) is 0 Å². The molecule has 122 valence electrons. The average Bonchev–Trinajstić information content (AvgIpc) is 2.53. The van der Waals surface area contributed by atoms with Gasteiger partial charge in [-0.15, -0.1) is 0 Å². The number of benzene rings is 1. The number of imide groups is 1. The first-order valence-corrected chi connectivity index (χ1v) is 7.24. The van der Waals surface area contributed by atoms with Gasteiger partial charge < -0.3 is 4.74 Å². The minimum Gasteiger partial charge on any atom is -0.486 e. The van der Waals surface area contributed by atoms with Crippen LogP contribution >= 0.6 is 0 Å². The first-order chi connectivity index (χ1) is 11.1. The van der Waals surface area contributed by atoms with Crippen LogP contribution in [0.15, 0.2) is 18.2 Å². The van der Waals surface area contributed by atoms with Crippen molar-refractivity contribution < 1.29 is 23.9 Å². The summed E-state index contributed by atoms with van der Waals surface area (Å²) in [5.41, 5.74) is 1.05. The molecule has 1 atom stereocenters. The summed E-state index contributed by atoms with van der Waals surface area (Å²) in [4.78, 5) is 46.7. The molecule has 1 aliphatic rings. The van der Waals surface area contributed by atoms with Gasteiger partial charge in [-0.25, -0.2) is 0 Å². The summed E-state index contributed by atoms with van der Waals surface area (Å²) >= 11 is 0. The molecule has 2 rings (SSSR count). The number of aldehydes is 2. The van der Waals surface area contributed by atoms with Crippen molar-refractivity contribution in [2.75, 3.05) is 13.7 Å². The molecule has 2 amide bonds. The molecule has 1 unspecified atom stereocenters. The summed E-state index contributed by atoms with van der Waals surface area (Å²) in [6, 6.07) is 4.53. The van der Waals surface area contributed by atoms with Crippen LogP contribution in [0.1, 0.15) is 28.8 Å². The van der Waals surface area contributed by atoms with Gasteiger partial charge in [-0.05, 0) is 19.5 Å². The predicted molar refractivity (Wildman–Crippen MR) is 81.0 cm³/mol. The number of piperidine rings is 1. The van der Waals surface area contributed by atoms with Gasteiger partial charge in [0.1, 0.15) is 12.4 Å². The number of carbonyl (C=O) groups is 4. The van der Waals surface area contributed by atoms with Crippen LogP contribution in [0.25, 0.3) is 0 Å². The van der Waals surface area contributed by atoms with E-state index in [-0.39, 0.29) is 31.4 Å². The van der Waals surface area contributed by atoms with E-state index in [4.69, 9.17) is 4.74 Å². The fourth-order valence-corrected chi connectivity index (χ4v) is 2.58. The van der Waals surface area contributed by atoms with E-state index < -0.39 is 6.04 Å². The Morgan fingerprint density at radius 1 is 1.35 bits per heavy atom. The number of amides is 2. The molecule has 1 N–H and O–H groups in total. The lowest BCUT2D eigenvalue weighted by atomic mass is 10.0. The van der Waals surface area contributed by atoms with Crippen molar-refractivity contribution >= 4 is 24.4 Å². The van der Waals surface area contributed by atoms with E-state index in [1.165, 1.54) is 0 Å². The van der Waals surface area contributed by atoms with E-state index in [9.17, 15) is 19.2 Å². The SMILES string of the molecule is CN(Cc1c(C=O)cccc1OCC=O)C1CCC(=O)NC1=O. The summed E-state index contributed by atoms with van der Waals surface area (Å²) in [5.74, 6) is -0.188. The second kappa shape index (κ2) is 7.64. The molecule has 1 fully saturated rings. The lowest BCUT2D eigenvalue weighted by Crippen LogP contribution is -2.51. The normalized spacial score (nSPS) is 17.7. The minimum absolute atomic E-state index is 0.114. The van der Waals surface area contributed by atoms with Gasteiger partial charge >= 0.3 is 0 Å². The molecule has 7 heteroatoms. The fourth-order valence-electron chi connectivity index (χ4n) is 2.58. The second-order valence-corrected chi connectivity index (χ2v) is 5.30. The third-order valence-corrected chi connectivity index (χ3v) is 3.75. The summed E-state index contributed by atoms with van der Waals surface area (Å²) in [5, 5.41) is 2.31. The zero-order valence-electron chi connectivity index (χ0n) is 12.8. The number of likely N-dealkylation sites (N-methyl/N-ethyl adjacent to an activating group) is 1. The van der Waals surface area contributed by atoms with Crippen LogP contribution < -0.4 is 10.1 Å². The van der Waals surface area contributed by atoms with Gasteiger partial charge in [0, 0.05) is 24.1 Å². The molecule has 0 bridgehead atoms. The topological polar surface area (TPSA) is 92.8 Å². The quantitative estimate of drug-likeness (QED) is 0.575. The number of ether oxygens (including phenoxy) is 1. The van der Waals surface area contributed by atoms with Crippen LogP contribution in [0, 0.1) is 0 Å². The Hall–Kier alpha value is -2.54. The number of hydrogen-bond acceptors (Lipinski definition) is 6. The molecule has 1 saturated heterocycles. The van der Waals surface area contributed by atoms with Crippen LogP contribution in [0.3, 0.4) is 0 Å². The van der Waals surface area contributed by atoms with Crippen molar-refractivity contribution in [1.29, 1.82) is 0 Å². The van der Waals surface area contributed by atoms with E-state index >= 15 is 0 Å². The Kier molecular flexibility index (Phi) is 5.59. The van der Waals surface area contributed by atoms with Crippen molar-refractivity contribution in [1.82, 2.24) is 10.2 Å². The maximum absolute atomic E-state index is 11.9. The van der Waals surface area contributed by atoms with E-state index in [1.807, 2.05) is 0 Å². The van der Waals surface area contributed by atoms with Crippen molar-refractivity contribution in [3.05, 3.63) is 29.3 Å². The zero-order valence-corrected chi connectivity index (χ0v) is 12.8. The third-order valence-electron chi connectivity index (χ3n) is 3.75. The summed E-state index contributed by atoms with van der Waals surface area (Å²) in [7, 11) is 1.74. The predicted octanol–water partition coefficient (Wildman–Crippen LogP) is 0.314. The largest absolute Gasteiger partial charge is 0.486 e. The molecule has 7 nitrogen and oxygen atoms in total. The van der Waals surface area contributed by atoms with Crippen LogP contribution in [-0.2, 0) is 20.9 Å². The molecule has 0 saturated carbocycles. The van der Waals surface area contributed by atoms with E-state index in [0.717, 1.165) is 0 Å². The molecule has 23 heavy (non-hydrogen) atoms. The van der Waals surface area contributed by atoms with Gasteiger partial charge in [0.15, 0.2) is 12.6 Å². The Morgan fingerprint density at radius 2 is 2.13 bits per heavy atom. The van der Waals surface area contributed by atoms with Crippen LogP contribution in [0.4, 0.5) is 0 Å². The van der Waals surface area contributed by atoms with Crippen LogP contribution in [0.5, 0.6) is 5.75 Å². The standard InChI is InChI=1S/C16H18N2O5/c1-18(13-5-6-15(21)17-16(13)22)9-12-11(10-20)3-2-4-14(12)23-8-7-19/h2-4,7,10,13H,5-6,8-9H2,1H3,(H,17,21,22). The highest BCUT2D eigenvalue weighted by Gasteiger charge is 2.30. The second-order valence-electron chi connectivity index (χ2n) is 5.30. The Labute approximate surface area is 133 Å². The first kappa shape index (κ1) is 16.8. The highest BCUT2D eigenvalue weighted by atomic mass is 16.5. The summed E-state index contributed by atoms with van der Waals surface area (Å²) < 4.78 is 5.35. The molecule has 0 spiro atoms. The molecule has 1 aliphatic heterocycles. The zero-order chi connectivity index (χ0) is 16.8. The highest BCUT2D eigenvalue weighted by Crippen LogP contribution is 2.25. The number of hydrogen-bond donors (Lipinski definition) is 1. The number of rotatable bonds is 7. The molecule has 0 aliphatic carbocycles. The molecule has 0 radical (unpaired) electrons. The van der Waals surface area contributed by atoms with Crippen LogP contribution in [-0.4, -0.2) is 49.0 Å². The van der Waals surface area contributed by atoms with Gasteiger partial charge in [-0.1, -0.05) is 12.1 Å². The number of nitrogens with zero attached hydrogens (tertiary/aromatic N) is 1. The van der Waals surface area contributed by atoms with Gasteiger partial charge in [0.05, 0.1) is 6.04 Å². The molecule has 0 aromatic heterocycles. The van der Waals surface area contributed by atoms with E-state index in [1.54, 1.807) is 30.1 Å². The van der Waals surface area contributed by atoms with Gasteiger partial charge in [0.25, 0.3) is 0 Å². The smallest absolute Gasteiger partial charge is 0.243 e. The van der Waals surface area contributed by atoms with Crippen molar-refractivity contribution in [2.24, 2.45) is 0 Å². The fraction of sp³-hybridized carbons (Fsp3) is 0.375. The maximum atomic E-state index is 11.9. The average molecular weight is 318 g/mol. The molecule has 1 aromatic rings. The Balaban J connectivity index is 2.20. The monoisotopic (exact) mass is 318 g/mol. The minimum atomic E-state index is -0.452. The van der Waals surface area contributed by atoms with E-state index in [0.29, 0.717) is 35.9 Å². The maximum Gasteiger partial charge on any atom is 0.243 e. The first-order valence-electron chi connectivity index (χ1n) is 7.24. The van der Waals surface area contributed by atoms with Gasteiger partial charge in [-0.3, -0.25) is 29.4 Å². The number of nitrogens with one attached hydrogen (secondary N) is 1. The molecule has 1 heterocycles.